The summed E-state index contributed by atoms with van der Waals surface area (Å²) in [5, 5.41) is 0.330. The van der Waals surface area contributed by atoms with Crippen molar-refractivity contribution in [3.05, 3.63) is 29.3 Å². The third-order valence-corrected chi connectivity index (χ3v) is 3.62. The van der Waals surface area contributed by atoms with Gasteiger partial charge in [-0.05, 0) is 12.1 Å². The summed E-state index contributed by atoms with van der Waals surface area (Å²) in [7, 11) is -1.39. The summed E-state index contributed by atoms with van der Waals surface area (Å²) in [6.07, 6.45) is 0. The Kier molecular flexibility index (Phi) is 3.07. The van der Waals surface area contributed by atoms with Crippen molar-refractivity contribution in [2.24, 2.45) is 0 Å². The van der Waals surface area contributed by atoms with Crippen LogP contribution in [0.5, 0.6) is 0 Å². The third-order valence-electron chi connectivity index (χ3n) is 2.16. The normalized spacial score (nSPS) is 17.9. The van der Waals surface area contributed by atoms with Crippen molar-refractivity contribution >= 4 is 39.9 Å². The van der Waals surface area contributed by atoms with Gasteiger partial charge in [0.15, 0.2) is 0 Å². The summed E-state index contributed by atoms with van der Waals surface area (Å²) in [6, 6.07) is 6.59. The largest absolute Gasteiger partial charge is 0.273 e. The van der Waals surface area contributed by atoms with Gasteiger partial charge in [-0.2, -0.15) is 0 Å². The minimum atomic E-state index is -1.39. The Morgan fingerprint density at radius 1 is 1.12 bits per heavy atom. The highest BCUT2D eigenvalue weighted by Gasteiger charge is 2.32. The second-order valence-electron chi connectivity index (χ2n) is 3.30. The zero-order valence-electron chi connectivity index (χ0n) is 8.18. The van der Waals surface area contributed by atoms with Crippen molar-refractivity contribution in [2.75, 3.05) is 16.4 Å². The molecular weight excluding hydrogens is 250 g/mol. The molecule has 0 saturated carbocycles. The highest BCUT2D eigenvalue weighted by Crippen LogP contribution is 2.26. The number of amides is 2. The van der Waals surface area contributed by atoms with Crippen molar-refractivity contribution < 1.29 is 13.8 Å². The van der Waals surface area contributed by atoms with Crippen LogP contribution in [0.15, 0.2) is 24.3 Å². The lowest BCUT2D eigenvalue weighted by molar-refractivity contribution is -0.124. The number of anilines is 1. The van der Waals surface area contributed by atoms with E-state index in [0.717, 1.165) is 4.90 Å². The van der Waals surface area contributed by atoms with Gasteiger partial charge < -0.3 is 0 Å². The SMILES string of the molecule is O=C1CS(=O)CC(=O)N1c1ccccc1Cl. The average molecular weight is 258 g/mol. The molecule has 0 unspecified atom stereocenters. The minimum Gasteiger partial charge on any atom is -0.273 e. The maximum Gasteiger partial charge on any atom is 0.246 e. The Labute approximate surface area is 99.6 Å². The molecule has 0 spiro atoms. The van der Waals surface area contributed by atoms with Crippen molar-refractivity contribution in [1.29, 1.82) is 0 Å². The van der Waals surface area contributed by atoms with E-state index in [2.05, 4.69) is 0 Å². The first-order chi connectivity index (χ1) is 7.59. The fourth-order valence-corrected chi connectivity index (χ4v) is 2.63. The molecule has 1 aliphatic rings. The number of benzene rings is 1. The monoisotopic (exact) mass is 257 g/mol. The molecule has 6 heteroatoms. The summed E-state index contributed by atoms with van der Waals surface area (Å²) in [4.78, 5) is 24.2. The van der Waals surface area contributed by atoms with Gasteiger partial charge in [0.2, 0.25) is 11.8 Å². The van der Waals surface area contributed by atoms with Crippen LogP contribution in [0.2, 0.25) is 5.02 Å². The molecule has 1 aromatic rings. The fourth-order valence-electron chi connectivity index (χ4n) is 1.50. The molecule has 4 nitrogen and oxygen atoms in total. The van der Waals surface area contributed by atoms with Gasteiger partial charge in [-0.15, -0.1) is 0 Å². The molecule has 2 rings (SSSR count). The fraction of sp³-hybridized carbons (Fsp3) is 0.200. The summed E-state index contributed by atoms with van der Waals surface area (Å²) in [5.74, 6) is -1.20. The van der Waals surface area contributed by atoms with E-state index in [0.29, 0.717) is 10.7 Å². The molecule has 1 saturated heterocycles. The molecule has 16 heavy (non-hydrogen) atoms. The van der Waals surface area contributed by atoms with Gasteiger partial charge in [0, 0.05) is 10.8 Å². The summed E-state index contributed by atoms with van der Waals surface area (Å²) >= 11 is 5.90. The van der Waals surface area contributed by atoms with E-state index in [9.17, 15) is 13.8 Å². The second-order valence-corrected chi connectivity index (χ2v) is 5.17. The lowest BCUT2D eigenvalue weighted by Gasteiger charge is -2.25. The highest BCUT2D eigenvalue weighted by molar-refractivity contribution is 7.86. The van der Waals surface area contributed by atoms with Crippen LogP contribution >= 0.6 is 11.6 Å². The molecule has 2 amide bonds. The number of rotatable bonds is 1. The average Bonchev–Trinajstić information content (AvgIpc) is 2.19. The molecule has 1 aromatic carbocycles. The number of nitrogens with zero attached hydrogens (tertiary/aromatic N) is 1. The maximum absolute atomic E-state index is 11.6. The Morgan fingerprint density at radius 3 is 2.25 bits per heavy atom. The Bertz CT molecular complexity index is 469. The van der Waals surface area contributed by atoms with Gasteiger partial charge >= 0.3 is 0 Å². The summed E-state index contributed by atoms with van der Waals surface area (Å²) in [5.41, 5.74) is 0.357. The number of halogens is 1. The van der Waals surface area contributed by atoms with Gasteiger partial charge in [-0.25, -0.2) is 4.90 Å². The van der Waals surface area contributed by atoms with E-state index >= 15 is 0 Å². The Balaban J connectivity index is 2.41. The van der Waals surface area contributed by atoms with Crippen LogP contribution in [0.4, 0.5) is 5.69 Å². The van der Waals surface area contributed by atoms with Gasteiger partial charge in [-0.1, -0.05) is 23.7 Å². The van der Waals surface area contributed by atoms with Gasteiger partial charge in [0.25, 0.3) is 0 Å². The predicted molar refractivity (Wildman–Crippen MR) is 61.8 cm³/mol. The number of hydrogen-bond donors (Lipinski definition) is 0. The van der Waals surface area contributed by atoms with Gasteiger partial charge in [0.05, 0.1) is 10.7 Å². The van der Waals surface area contributed by atoms with Gasteiger partial charge in [0.1, 0.15) is 11.5 Å². The predicted octanol–water partition coefficient (Wildman–Crippen LogP) is 0.962. The lowest BCUT2D eigenvalue weighted by Crippen LogP contribution is -2.47. The first-order valence-corrected chi connectivity index (χ1v) is 6.41. The first-order valence-electron chi connectivity index (χ1n) is 4.55. The summed E-state index contributed by atoms with van der Waals surface area (Å²) < 4.78 is 11.2. The zero-order valence-corrected chi connectivity index (χ0v) is 9.75. The topological polar surface area (TPSA) is 54.5 Å². The quantitative estimate of drug-likeness (QED) is 0.705. The number of carbonyl (C=O) groups excluding carboxylic acids is 2. The second kappa shape index (κ2) is 4.35. The first kappa shape index (κ1) is 11.3. The molecule has 0 atom stereocenters. The van der Waals surface area contributed by atoms with Crippen LogP contribution in [-0.2, 0) is 20.4 Å². The molecule has 0 aliphatic carbocycles. The molecule has 0 bridgehead atoms. The number of para-hydroxylation sites is 1. The number of imide groups is 1. The Morgan fingerprint density at radius 2 is 1.69 bits per heavy atom. The van der Waals surface area contributed by atoms with E-state index in [1.165, 1.54) is 0 Å². The van der Waals surface area contributed by atoms with Crippen LogP contribution in [0, 0.1) is 0 Å². The molecule has 0 radical (unpaired) electrons. The van der Waals surface area contributed by atoms with Crippen LogP contribution in [0.1, 0.15) is 0 Å². The van der Waals surface area contributed by atoms with E-state index < -0.39 is 22.6 Å². The number of hydrogen-bond acceptors (Lipinski definition) is 3. The smallest absolute Gasteiger partial charge is 0.246 e. The van der Waals surface area contributed by atoms with Gasteiger partial charge in [-0.3, -0.25) is 13.8 Å². The molecular formula is C10H8ClNO3S. The molecule has 84 valence electrons. The van der Waals surface area contributed by atoms with E-state index in [1.54, 1.807) is 24.3 Å². The standard InChI is InChI=1S/C10H8ClNO3S/c11-7-3-1-2-4-8(7)12-9(13)5-16(15)6-10(12)14/h1-4H,5-6H2. The van der Waals surface area contributed by atoms with Crippen LogP contribution in [0.25, 0.3) is 0 Å². The molecule has 0 N–H and O–H groups in total. The van der Waals surface area contributed by atoms with Crippen molar-refractivity contribution in [1.82, 2.24) is 0 Å². The van der Waals surface area contributed by atoms with Crippen LogP contribution < -0.4 is 4.90 Å². The highest BCUT2D eigenvalue weighted by atomic mass is 35.5. The van der Waals surface area contributed by atoms with Crippen LogP contribution in [0.3, 0.4) is 0 Å². The molecule has 1 heterocycles. The minimum absolute atomic E-state index is 0.128. The van der Waals surface area contributed by atoms with Crippen molar-refractivity contribution in [3.63, 3.8) is 0 Å². The molecule has 1 aliphatic heterocycles. The Hall–Kier alpha value is -1.20. The van der Waals surface area contributed by atoms with Crippen LogP contribution in [-0.4, -0.2) is 27.5 Å². The van der Waals surface area contributed by atoms with Crippen molar-refractivity contribution in [3.8, 4) is 0 Å². The van der Waals surface area contributed by atoms with E-state index in [4.69, 9.17) is 11.6 Å². The molecule has 0 aromatic heterocycles. The third kappa shape index (κ3) is 2.01. The zero-order chi connectivity index (χ0) is 11.7. The molecule has 1 fully saturated rings. The summed E-state index contributed by atoms with van der Waals surface area (Å²) in [6.45, 7) is 0. The maximum atomic E-state index is 11.6. The van der Waals surface area contributed by atoms with E-state index in [1.807, 2.05) is 0 Å². The van der Waals surface area contributed by atoms with E-state index in [-0.39, 0.29) is 11.5 Å². The van der Waals surface area contributed by atoms with Crippen molar-refractivity contribution in [2.45, 2.75) is 0 Å². The lowest BCUT2D eigenvalue weighted by atomic mass is 10.3. The number of carbonyl (C=O) groups is 2.